The second-order valence-electron chi connectivity index (χ2n) is 6.51. The molecule has 1 aliphatic carbocycles. The molecular formula is C19H18F4N2O2S. The zero-order chi connectivity index (χ0) is 20.7. The molecule has 1 heterocycles. The number of nitrogens with zero attached hydrogens (tertiary/aromatic N) is 2. The van der Waals surface area contributed by atoms with Crippen LogP contribution in [0.2, 0.25) is 0 Å². The maximum atomic E-state index is 13.8. The SMILES string of the molecule is CCn1nc(-c2ccc(S(C)(=O)=O)cc2)c(C2C=CC(F)=CC2)c1C(F)(F)F. The second-order valence-corrected chi connectivity index (χ2v) is 8.53. The van der Waals surface area contributed by atoms with Gasteiger partial charge in [0.25, 0.3) is 0 Å². The molecule has 1 atom stereocenters. The van der Waals surface area contributed by atoms with Crippen molar-refractivity contribution in [3.8, 4) is 11.3 Å². The lowest BCUT2D eigenvalue weighted by molar-refractivity contribution is -0.144. The molecule has 3 rings (SSSR count). The summed E-state index contributed by atoms with van der Waals surface area (Å²) >= 11 is 0. The van der Waals surface area contributed by atoms with Crippen molar-refractivity contribution in [3.63, 3.8) is 0 Å². The van der Waals surface area contributed by atoms with Crippen molar-refractivity contribution >= 4 is 9.84 Å². The highest BCUT2D eigenvalue weighted by atomic mass is 32.2. The third kappa shape index (κ3) is 3.89. The van der Waals surface area contributed by atoms with Gasteiger partial charge in [0, 0.05) is 29.8 Å². The van der Waals surface area contributed by atoms with Crippen molar-refractivity contribution in [2.45, 2.75) is 36.9 Å². The van der Waals surface area contributed by atoms with Gasteiger partial charge in [-0.1, -0.05) is 18.2 Å². The minimum Gasteiger partial charge on any atom is -0.260 e. The number of allylic oxidation sites excluding steroid dienone is 4. The molecule has 0 amide bonds. The van der Waals surface area contributed by atoms with Crippen molar-refractivity contribution in [2.75, 3.05) is 6.26 Å². The van der Waals surface area contributed by atoms with Crippen molar-refractivity contribution in [3.05, 3.63) is 59.6 Å². The summed E-state index contributed by atoms with van der Waals surface area (Å²) in [6.45, 7) is 1.56. The highest BCUT2D eigenvalue weighted by Crippen LogP contribution is 2.43. The normalized spacial score (nSPS) is 17.6. The fourth-order valence-electron chi connectivity index (χ4n) is 3.24. The number of sulfone groups is 1. The first-order valence-electron chi connectivity index (χ1n) is 8.54. The first kappa shape index (κ1) is 20.3. The van der Waals surface area contributed by atoms with Gasteiger partial charge in [-0.15, -0.1) is 0 Å². The minimum atomic E-state index is -4.64. The number of hydrogen-bond acceptors (Lipinski definition) is 3. The van der Waals surface area contributed by atoms with Gasteiger partial charge >= 0.3 is 6.18 Å². The van der Waals surface area contributed by atoms with Gasteiger partial charge in [-0.3, -0.25) is 4.68 Å². The summed E-state index contributed by atoms with van der Waals surface area (Å²) in [6.07, 6.45) is 0.273. The second kappa shape index (κ2) is 7.20. The Labute approximate surface area is 160 Å². The standard InChI is InChI=1S/C19H18F4N2O2S/c1-3-25-18(19(21,22)23)16(12-4-8-14(20)9-5-12)17(24-25)13-6-10-15(11-7-13)28(2,26)27/h4,6-12H,3,5H2,1-2H3. The van der Waals surface area contributed by atoms with Gasteiger partial charge in [-0.2, -0.15) is 18.3 Å². The van der Waals surface area contributed by atoms with E-state index in [0.29, 0.717) is 5.56 Å². The van der Waals surface area contributed by atoms with Crippen molar-refractivity contribution < 1.29 is 26.0 Å². The molecule has 0 bridgehead atoms. The summed E-state index contributed by atoms with van der Waals surface area (Å²) in [5, 5.41) is 4.15. The Morgan fingerprint density at radius 3 is 2.32 bits per heavy atom. The average Bonchev–Trinajstić information content (AvgIpc) is 3.02. The van der Waals surface area contributed by atoms with Crippen molar-refractivity contribution in [1.82, 2.24) is 9.78 Å². The number of aryl methyl sites for hydroxylation is 1. The highest BCUT2D eigenvalue weighted by Gasteiger charge is 2.41. The number of halogens is 4. The van der Waals surface area contributed by atoms with E-state index in [1.807, 2.05) is 0 Å². The van der Waals surface area contributed by atoms with Crippen LogP contribution in [0.1, 0.15) is 30.5 Å². The zero-order valence-corrected chi connectivity index (χ0v) is 16.0. The Kier molecular flexibility index (Phi) is 5.22. The van der Waals surface area contributed by atoms with Crippen LogP contribution in [0.25, 0.3) is 11.3 Å². The molecule has 1 unspecified atom stereocenters. The van der Waals surface area contributed by atoms with Crippen LogP contribution in [-0.4, -0.2) is 24.5 Å². The van der Waals surface area contributed by atoms with Crippen LogP contribution in [0.3, 0.4) is 0 Å². The smallest absolute Gasteiger partial charge is 0.260 e. The lowest BCUT2D eigenvalue weighted by Gasteiger charge is -2.18. The maximum absolute atomic E-state index is 13.8. The van der Waals surface area contributed by atoms with Gasteiger partial charge in [0.05, 0.1) is 10.6 Å². The Balaban J connectivity index is 2.21. The molecule has 1 aliphatic rings. The van der Waals surface area contributed by atoms with E-state index in [4.69, 9.17) is 0 Å². The van der Waals surface area contributed by atoms with Gasteiger partial charge in [0.15, 0.2) is 9.84 Å². The van der Waals surface area contributed by atoms with Gasteiger partial charge in [0.2, 0.25) is 0 Å². The molecule has 0 N–H and O–H groups in total. The average molecular weight is 414 g/mol. The predicted molar refractivity (Wildman–Crippen MR) is 97.1 cm³/mol. The molecule has 0 aliphatic heterocycles. The first-order chi connectivity index (χ1) is 13.0. The Morgan fingerprint density at radius 2 is 1.86 bits per heavy atom. The number of alkyl halides is 3. The van der Waals surface area contributed by atoms with Gasteiger partial charge in [0.1, 0.15) is 11.5 Å². The molecule has 1 aromatic heterocycles. The summed E-state index contributed by atoms with van der Waals surface area (Å²) in [5.41, 5.74) is -0.438. The van der Waals surface area contributed by atoms with E-state index < -0.39 is 33.5 Å². The largest absolute Gasteiger partial charge is 0.433 e. The van der Waals surface area contributed by atoms with Crippen LogP contribution in [0.15, 0.2) is 53.2 Å². The van der Waals surface area contributed by atoms with Crippen LogP contribution >= 0.6 is 0 Å². The maximum Gasteiger partial charge on any atom is 0.433 e. The molecule has 0 spiro atoms. The van der Waals surface area contributed by atoms with Crippen LogP contribution < -0.4 is 0 Å². The van der Waals surface area contributed by atoms with E-state index in [9.17, 15) is 26.0 Å². The molecule has 1 aromatic carbocycles. The molecule has 4 nitrogen and oxygen atoms in total. The summed E-state index contributed by atoms with van der Waals surface area (Å²) in [5.74, 6) is -1.19. The number of benzene rings is 1. The lowest BCUT2D eigenvalue weighted by atomic mass is 9.88. The fraction of sp³-hybridized carbons (Fsp3) is 0.316. The van der Waals surface area contributed by atoms with Gasteiger partial charge < -0.3 is 0 Å². The number of aromatic nitrogens is 2. The van der Waals surface area contributed by atoms with E-state index in [-0.39, 0.29) is 29.1 Å². The Bertz CT molecular complexity index is 1050. The van der Waals surface area contributed by atoms with Crippen LogP contribution in [0.4, 0.5) is 17.6 Å². The topological polar surface area (TPSA) is 52.0 Å². The van der Waals surface area contributed by atoms with E-state index in [2.05, 4.69) is 5.10 Å². The van der Waals surface area contributed by atoms with E-state index in [0.717, 1.165) is 17.0 Å². The number of hydrogen-bond donors (Lipinski definition) is 0. The molecule has 150 valence electrons. The first-order valence-corrected chi connectivity index (χ1v) is 10.4. The Morgan fingerprint density at radius 1 is 1.21 bits per heavy atom. The fourth-order valence-corrected chi connectivity index (χ4v) is 3.87. The molecule has 0 fully saturated rings. The molecule has 0 radical (unpaired) electrons. The lowest BCUT2D eigenvalue weighted by Crippen LogP contribution is -2.17. The van der Waals surface area contributed by atoms with E-state index >= 15 is 0 Å². The predicted octanol–water partition coefficient (Wildman–Crippen LogP) is 4.89. The minimum absolute atomic E-state index is 0.00387. The summed E-state index contributed by atoms with van der Waals surface area (Å²) in [6, 6.07) is 5.54. The molecule has 28 heavy (non-hydrogen) atoms. The van der Waals surface area contributed by atoms with E-state index in [1.54, 1.807) is 6.92 Å². The molecule has 0 saturated heterocycles. The number of rotatable bonds is 4. The summed E-state index contributed by atoms with van der Waals surface area (Å²) < 4.78 is 79.0. The summed E-state index contributed by atoms with van der Waals surface area (Å²) in [7, 11) is -3.44. The molecular weight excluding hydrogens is 396 g/mol. The van der Waals surface area contributed by atoms with Crippen molar-refractivity contribution in [2.24, 2.45) is 0 Å². The van der Waals surface area contributed by atoms with Crippen LogP contribution in [0.5, 0.6) is 0 Å². The highest BCUT2D eigenvalue weighted by molar-refractivity contribution is 7.90. The summed E-state index contributed by atoms with van der Waals surface area (Å²) in [4.78, 5) is 0.0614. The van der Waals surface area contributed by atoms with Crippen molar-refractivity contribution in [1.29, 1.82) is 0 Å². The van der Waals surface area contributed by atoms with E-state index in [1.165, 1.54) is 36.4 Å². The van der Waals surface area contributed by atoms with Gasteiger partial charge in [-0.25, -0.2) is 12.8 Å². The van der Waals surface area contributed by atoms with Crippen LogP contribution in [-0.2, 0) is 22.6 Å². The quantitative estimate of drug-likeness (QED) is 0.670. The Hall–Kier alpha value is -2.42. The molecule has 2 aromatic rings. The molecule has 0 saturated carbocycles. The third-order valence-electron chi connectivity index (χ3n) is 4.54. The third-order valence-corrected chi connectivity index (χ3v) is 5.67. The zero-order valence-electron chi connectivity index (χ0n) is 15.2. The van der Waals surface area contributed by atoms with Gasteiger partial charge in [-0.05, 0) is 37.6 Å². The monoisotopic (exact) mass is 414 g/mol. The molecule has 9 heteroatoms. The van der Waals surface area contributed by atoms with Crippen LogP contribution in [0, 0.1) is 0 Å².